The van der Waals surface area contributed by atoms with E-state index in [1.807, 2.05) is 27.7 Å². The summed E-state index contributed by atoms with van der Waals surface area (Å²) in [7, 11) is 0. The van der Waals surface area contributed by atoms with Gasteiger partial charge in [-0.05, 0) is 39.5 Å². The lowest BCUT2D eigenvalue weighted by molar-refractivity contribution is -0.0472. The van der Waals surface area contributed by atoms with Crippen molar-refractivity contribution in [3.8, 4) is 0 Å². The Bertz CT molecular complexity index is 157. The van der Waals surface area contributed by atoms with Crippen LogP contribution in [0.2, 0.25) is 0 Å². The van der Waals surface area contributed by atoms with Gasteiger partial charge in [0.1, 0.15) is 0 Å². The second-order valence-electron chi connectivity index (χ2n) is 4.90. The summed E-state index contributed by atoms with van der Waals surface area (Å²) in [6.07, 6.45) is 1.80. The summed E-state index contributed by atoms with van der Waals surface area (Å²) in [6.45, 7) is 8.87. The molecule has 0 aromatic carbocycles. The molecule has 92 valence electrons. The Labute approximate surface area is 93.5 Å². The van der Waals surface area contributed by atoms with E-state index >= 15 is 0 Å². The molecule has 0 radical (unpaired) electrons. The Morgan fingerprint density at radius 1 is 1.33 bits per heavy atom. The van der Waals surface area contributed by atoms with Crippen LogP contribution in [0.3, 0.4) is 0 Å². The van der Waals surface area contributed by atoms with Crippen LogP contribution in [-0.4, -0.2) is 35.1 Å². The van der Waals surface area contributed by atoms with Gasteiger partial charge < -0.3 is 14.9 Å². The van der Waals surface area contributed by atoms with Crippen LogP contribution < -0.4 is 0 Å². The smallest absolute Gasteiger partial charge is 0.0650 e. The molecule has 0 fully saturated rings. The van der Waals surface area contributed by atoms with Gasteiger partial charge in [0.25, 0.3) is 0 Å². The van der Waals surface area contributed by atoms with E-state index in [9.17, 15) is 5.11 Å². The quantitative estimate of drug-likeness (QED) is 0.655. The summed E-state index contributed by atoms with van der Waals surface area (Å²) in [6, 6.07) is 0. The van der Waals surface area contributed by atoms with E-state index in [1.54, 1.807) is 0 Å². The number of rotatable bonds is 8. The second-order valence-corrected chi connectivity index (χ2v) is 4.90. The molecule has 0 rings (SSSR count). The Morgan fingerprint density at radius 3 is 2.40 bits per heavy atom. The third-order valence-corrected chi connectivity index (χ3v) is 2.56. The zero-order chi connectivity index (χ0) is 11.9. The van der Waals surface area contributed by atoms with Crippen molar-refractivity contribution in [3.05, 3.63) is 0 Å². The molecule has 0 aliphatic carbocycles. The molecule has 2 unspecified atom stereocenters. The minimum Gasteiger partial charge on any atom is -0.396 e. The highest BCUT2D eigenvalue weighted by Crippen LogP contribution is 2.21. The lowest BCUT2D eigenvalue weighted by Gasteiger charge is -2.28. The van der Waals surface area contributed by atoms with Crippen molar-refractivity contribution in [2.24, 2.45) is 5.92 Å². The fourth-order valence-corrected chi connectivity index (χ4v) is 1.90. The maximum atomic E-state index is 9.85. The third-order valence-electron chi connectivity index (χ3n) is 2.56. The molecule has 15 heavy (non-hydrogen) atoms. The predicted molar refractivity (Wildman–Crippen MR) is 61.8 cm³/mol. The largest absolute Gasteiger partial charge is 0.396 e. The molecule has 0 amide bonds. The summed E-state index contributed by atoms with van der Waals surface area (Å²) >= 11 is 0. The zero-order valence-corrected chi connectivity index (χ0v) is 10.5. The Balaban J connectivity index is 3.85. The van der Waals surface area contributed by atoms with Crippen molar-refractivity contribution in [1.82, 2.24) is 0 Å². The van der Waals surface area contributed by atoms with Crippen LogP contribution in [0.4, 0.5) is 0 Å². The maximum Gasteiger partial charge on any atom is 0.0650 e. The lowest BCUT2D eigenvalue weighted by Crippen LogP contribution is -2.31. The predicted octanol–water partition coefficient (Wildman–Crippen LogP) is 1.96. The molecule has 0 saturated heterocycles. The highest BCUT2D eigenvalue weighted by molar-refractivity contribution is 4.74. The van der Waals surface area contributed by atoms with Gasteiger partial charge in [-0.2, -0.15) is 0 Å². The number of aliphatic hydroxyl groups excluding tert-OH is 2. The first-order chi connectivity index (χ1) is 6.91. The monoisotopic (exact) mass is 218 g/mol. The summed E-state index contributed by atoms with van der Waals surface area (Å²) in [4.78, 5) is 0. The molecule has 0 heterocycles. The SMILES string of the molecule is CCOC(C)(C)CC(O)CC(C)CCO. The van der Waals surface area contributed by atoms with E-state index < -0.39 is 0 Å². The standard InChI is InChI=1S/C12H26O3/c1-5-15-12(3,4)9-11(14)8-10(2)6-7-13/h10-11,13-14H,5-9H2,1-4H3. The molecule has 0 aromatic rings. The van der Waals surface area contributed by atoms with Crippen LogP contribution in [0.1, 0.15) is 47.0 Å². The lowest BCUT2D eigenvalue weighted by atomic mass is 9.93. The summed E-state index contributed by atoms with van der Waals surface area (Å²) < 4.78 is 5.53. The van der Waals surface area contributed by atoms with Crippen LogP contribution in [0.25, 0.3) is 0 Å². The molecule has 0 aromatic heterocycles. The van der Waals surface area contributed by atoms with E-state index in [-0.39, 0.29) is 18.3 Å². The highest BCUT2D eigenvalue weighted by Gasteiger charge is 2.23. The first kappa shape index (κ1) is 14.9. The van der Waals surface area contributed by atoms with Crippen LogP contribution >= 0.6 is 0 Å². The second kappa shape index (κ2) is 7.20. The molecule has 2 atom stereocenters. The van der Waals surface area contributed by atoms with Gasteiger partial charge in [-0.3, -0.25) is 0 Å². The van der Waals surface area contributed by atoms with Gasteiger partial charge in [-0.25, -0.2) is 0 Å². The number of aliphatic hydroxyl groups is 2. The highest BCUT2D eigenvalue weighted by atomic mass is 16.5. The van der Waals surface area contributed by atoms with Crippen molar-refractivity contribution in [2.45, 2.75) is 58.7 Å². The topological polar surface area (TPSA) is 49.7 Å². The van der Waals surface area contributed by atoms with E-state index in [4.69, 9.17) is 9.84 Å². The molecule has 0 saturated carbocycles. The van der Waals surface area contributed by atoms with E-state index in [0.717, 1.165) is 12.8 Å². The van der Waals surface area contributed by atoms with E-state index in [0.29, 0.717) is 18.9 Å². The first-order valence-electron chi connectivity index (χ1n) is 5.84. The van der Waals surface area contributed by atoms with Gasteiger partial charge >= 0.3 is 0 Å². The maximum absolute atomic E-state index is 9.85. The number of hydrogen-bond donors (Lipinski definition) is 2. The summed E-state index contributed by atoms with van der Waals surface area (Å²) in [5, 5.41) is 18.6. The van der Waals surface area contributed by atoms with Gasteiger partial charge in [-0.15, -0.1) is 0 Å². The Kier molecular flexibility index (Phi) is 7.14. The number of hydrogen-bond acceptors (Lipinski definition) is 3. The van der Waals surface area contributed by atoms with Crippen molar-refractivity contribution >= 4 is 0 Å². The van der Waals surface area contributed by atoms with Crippen LogP contribution in [0.15, 0.2) is 0 Å². The molecule has 3 nitrogen and oxygen atoms in total. The van der Waals surface area contributed by atoms with Crippen molar-refractivity contribution in [3.63, 3.8) is 0 Å². The Hall–Kier alpha value is -0.120. The molecule has 3 heteroatoms. The van der Waals surface area contributed by atoms with Crippen molar-refractivity contribution in [2.75, 3.05) is 13.2 Å². The first-order valence-corrected chi connectivity index (χ1v) is 5.84. The summed E-state index contributed by atoms with van der Waals surface area (Å²) in [5.74, 6) is 0.363. The van der Waals surface area contributed by atoms with Gasteiger partial charge in [0, 0.05) is 19.6 Å². The normalized spacial score (nSPS) is 16.4. The minimum atomic E-state index is -0.340. The zero-order valence-electron chi connectivity index (χ0n) is 10.5. The van der Waals surface area contributed by atoms with Gasteiger partial charge in [0.2, 0.25) is 0 Å². The van der Waals surface area contributed by atoms with E-state index in [1.165, 1.54) is 0 Å². The minimum absolute atomic E-state index is 0.197. The summed E-state index contributed by atoms with van der Waals surface area (Å²) in [5.41, 5.74) is -0.257. The molecule has 0 bridgehead atoms. The average molecular weight is 218 g/mol. The Morgan fingerprint density at radius 2 is 1.93 bits per heavy atom. The third kappa shape index (κ3) is 7.77. The molecular weight excluding hydrogens is 192 g/mol. The molecule has 2 N–H and O–H groups in total. The van der Waals surface area contributed by atoms with Crippen LogP contribution in [0.5, 0.6) is 0 Å². The van der Waals surface area contributed by atoms with Crippen LogP contribution in [0, 0.1) is 5.92 Å². The molecular formula is C12H26O3. The number of ether oxygens (including phenoxy) is 1. The van der Waals surface area contributed by atoms with Gasteiger partial charge in [-0.1, -0.05) is 6.92 Å². The molecule has 0 spiro atoms. The fraction of sp³-hybridized carbons (Fsp3) is 1.00. The molecule has 0 aliphatic rings. The average Bonchev–Trinajstić information content (AvgIpc) is 2.01. The van der Waals surface area contributed by atoms with Gasteiger partial charge in [0.05, 0.1) is 11.7 Å². The van der Waals surface area contributed by atoms with E-state index in [2.05, 4.69) is 0 Å². The van der Waals surface area contributed by atoms with Crippen molar-refractivity contribution < 1.29 is 14.9 Å². The van der Waals surface area contributed by atoms with Gasteiger partial charge in [0.15, 0.2) is 0 Å². The molecule has 0 aliphatic heterocycles. The van der Waals surface area contributed by atoms with Crippen LogP contribution in [-0.2, 0) is 4.74 Å². The van der Waals surface area contributed by atoms with Crippen molar-refractivity contribution in [1.29, 1.82) is 0 Å². The fourth-order valence-electron chi connectivity index (χ4n) is 1.90.